The molecule has 1 heterocycles. The molecule has 4 heteroatoms. The highest BCUT2D eigenvalue weighted by Gasteiger charge is 2.26. The summed E-state index contributed by atoms with van der Waals surface area (Å²) in [7, 11) is 0. The van der Waals surface area contributed by atoms with Gasteiger partial charge in [0.15, 0.2) is 0 Å². The minimum Gasteiger partial charge on any atom is -0.370 e. The fourth-order valence-corrected chi connectivity index (χ4v) is 2.66. The van der Waals surface area contributed by atoms with Gasteiger partial charge in [-0.15, -0.1) is 0 Å². The van der Waals surface area contributed by atoms with Crippen molar-refractivity contribution in [3.05, 3.63) is 71.3 Å². The maximum atomic E-state index is 13.7. The Bertz CT molecular complexity index is 575. The first-order valence-corrected chi connectivity index (χ1v) is 7.07. The van der Waals surface area contributed by atoms with Crippen LogP contribution in [-0.4, -0.2) is 19.2 Å². The summed E-state index contributed by atoms with van der Waals surface area (Å²) in [5.74, 6) is -1.10. The van der Waals surface area contributed by atoms with Crippen LogP contribution in [0, 0.1) is 11.6 Å². The van der Waals surface area contributed by atoms with Crippen LogP contribution in [0.25, 0.3) is 0 Å². The molecule has 0 aliphatic carbocycles. The number of nitrogens with one attached hydrogen (secondary N) is 1. The molecule has 2 nitrogen and oxygen atoms in total. The van der Waals surface area contributed by atoms with Crippen molar-refractivity contribution in [2.24, 2.45) is 0 Å². The summed E-state index contributed by atoms with van der Waals surface area (Å²) in [4.78, 5) is 0. The molecule has 1 aliphatic rings. The van der Waals surface area contributed by atoms with Gasteiger partial charge in [0.05, 0.1) is 12.2 Å². The van der Waals surface area contributed by atoms with E-state index in [1.54, 1.807) is 0 Å². The number of rotatable bonds is 3. The zero-order chi connectivity index (χ0) is 14.7. The van der Waals surface area contributed by atoms with E-state index < -0.39 is 17.7 Å². The van der Waals surface area contributed by atoms with E-state index in [1.807, 2.05) is 18.2 Å². The van der Waals surface area contributed by atoms with Gasteiger partial charge in [-0.1, -0.05) is 36.4 Å². The highest BCUT2D eigenvalue weighted by atomic mass is 19.1. The lowest BCUT2D eigenvalue weighted by Crippen LogP contribution is -2.44. The van der Waals surface area contributed by atoms with E-state index in [4.69, 9.17) is 4.74 Å². The molecule has 1 aliphatic heterocycles. The van der Waals surface area contributed by atoms with Crippen LogP contribution in [-0.2, 0) is 11.2 Å². The van der Waals surface area contributed by atoms with E-state index in [9.17, 15) is 8.78 Å². The largest absolute Gasteiger partial charge is 0.370 e. The second-order valence-electron chi connectivity index (χ2n) is 5.25. The maximum Gasteiger partial charge on any atom is 0.132 e. The molecule has 1 N–H and O–H groups in total. The minimum absolute atomic E-state index is 0.0168. The van der Waals surface area contributed by atoms with Gasteiger partial charge in [0.2, 0.25) is 0 Å². The molecule has 2 aromatic rings. The van der Waals surface area contributed by atoms with Gasteiger partial charge in [-0.2, -0.15) is 0 Å². The number of hydrogen-bond donors (Lipinski definition) is 1. The molecule has 0 radical (unpaired) electrons. The van der Waals surface area contributed by atoms with Crippen molar-refractivity contribution in [1.82, 2.24) is 5.32 Å². The molecule has 2 aromatic carbocycles. The van der Waals surface area contributed by atoms with E-state index in [-0.39, 0.29) is 11.6 Å². The second-order valence-corrected chi connectivity index (χ2v) is 5.25. The fraction of sp³-hybridized carbons (Fsp3) is 0.294. The SMILES string of the molecule is Fc1cccc(F)c1C1CNC(Cc2ccccc2)CO1. The van der Waals surface area contributed by atoms with E-state index in [1.165, 1.54) is 23.8 Å². The molecule has 0 amide bonds. The van der Waals surface area contributed by atoms with Crippen LogP contribution >= 0.6 is 0 Å². The summed E-state index contributed by atoms with van der Waals surface area (Å²) < 4.78 is 33.1. The van der Waals surface area contributed by atoms with Gasteiger partial charge in [-0.05, 0) is 24.1 Å². The van der Waals surface area contributed by atoms with Crippen molar-refractivity contribution < 1.29 is 13.5 Å². The van der Waals surface area contributed by atoms with Crippen molar-refractivity contribution in [3.63, 3.8) is 0 Å². The zero-order valence-corrected chi connectivity index (χ0v) is 11.6. The molecule has 0 spiro atoms. The monoisotopic (exact) mass is 289 g/mol. The van der Waals surface area contributed by atoms with Gasteiger partial charge in [0.25, 0.3) is 0 Å². The highest BCUT2D eigenvalue weighted by Crippen LogP contribution is 2.26. The third kappa shape index (κ3) is 3.28. The van der Waals surface area contributed by atoms with Crippen molar-refractivity contribution in [2.75, 3.05) is 13.2 Å². The van der Waals surface area contributed by atoms with Gasteiger partial charge in [0.1, 0.15) is 17.7 Å². The molecule has 2 atom stereocenters. The van der Waals surface area contributed by atoms with Crippen molar-refractivity contribution in [3.8, 4) is 0 Å². The van der Waals surface area contributed by atoms with Gasteiger partial charge >= 0.3 is 0 Å². The molecule has 110 valence electrons. The van der Waals surface area contributed by atoms with Crippen LogP contribution in [0.5, 0.6) is 0 Å². The molecule has 0 bridgehead atoms. The van der Waals surface area contributed by atoms with E-state index in [2.05, 4.69) is 17.4 Å². The normalized spacial score (nSPS) is 22.2. The number of halogens is 2. The highest BCUT2D eigenvalue weighted by molar-refractivity contribution is 5.23. The first-order valence-electron chi connectivity index (χ1n) is 7.07. The predicted octanol–water partition coefficient (Wildman–Crippen LogP) is 3.24. The molecule has 2 unspecified atom stereocenters. The van der Waals surface area contributed by atoms with Crippen LogP contribution in [0.15, 0.2) is 48.5 Å². The standard InChI is InChI=1S/C17H17F2NO/c18-14-7-4-8-15(19)17(14)16-10-20-13(11-21-16)9-12-5-2-1-3-6-12/h1-8,13,16,20H,9-11H2. The smallest absolute Gasteiger partial charge is 0.132 e. The van der Waals surface area contributed by atoms with E-state index >= 15 is 0 Å². The Morgan fingerprint density at radius 3 is 2.33 bits per heavy atom. The summed E-state index contributed by atoms with van der Waals surface area (Å²) in [6.45, 7) is 0.850. The first-order chi connectivity index (χ1) is 10.2. The fourth-order valence-electron chi connectivity index (χ4n) is 2.66. The van der Waals surface area contributed by atoms with Crippen LogP contribution in [0.3, 0.4) is 0 Å². The van der Waals surface area contributed by atoms with Gasteiger partial charge < -0.3 is 10.1 Å². The Labute approximate surface area is 122 Å². The maximum absolute atomic E-state index is 13.7. The Morgan fingerprint density at radius 1 is 1.00 bits per heavy atom. The zero-order valence-electron chi connectivity index (χ0n) is 11.6. The molecule has 0 saturated carbocycles. The molecule has 0 aromatic heterocycles. The van der Waals surface area contributed by atoms with Crippen LogP contribution in [0.2, 0.25) is 0 Å². The van der Waals surface area contributed by atoms with Gasteiger partial charge in [0, 0.05) is 12.6 Å². The molecule has 21 heavy (non-hydrogen) atoms. The van der Waals surface area contributed by atoms with E-state index in [0.717, 1.165) is 6.42 Å². The second kappa shape index (κ2) is 6.33. The number of hydrogen-bond acceptors (Lipinski definition) is 2. The van der Waals surface area contributed by atoms with Crippen molar-refractivity contribution in [2.45, 2.75) is 18.6 Å². The molecule has 1 saturated heterocycles. The van der Waals surface area contributed by atoms with Crippen molar-refractivity contribution in [1.29, 1.82) is 0 Å². The summed E-state index contributed by atoms with van der Waals surface area (Å²) in [5.41, 5.74) is 1.23. The molecule has 3 rings (SSSR count). The number of ether oxygens (including phenoxy) is 1. The van der Waals surface area contributed by atoms with Crippen LogP contribution in [0.4, 0.5) is 8.78 Å². The average Bonchev–Trinajstić information content (AvgIpc) is 2.50. The van der Waals surface area contributed by atoms with Crippen molar-refractivity contribution >= 4 is 0 Å². The van der Waals surface area contributed by atoms with Gasteiger partial charge in [-0.3, -0.25) is 0 Å². The minimum atomic E-state index is -0.571. The lowest BCUT2D eigenvalue weighted by atomic mass is 10.0. The first kappa shape index (κ1) is 14.2. The Morgan fingerprint density at radius 2 is 1.71 bits per heavy atom. The Hall–Kier alpha value is -1.78. The van der Waals surface area contributed by atoms with Crippen LogP contribution < -0.4 is 5.32 Å². The molecule has 1 fully saturated rings. The summed E-state index contributed by atoms with van der Waals surface area (Å²) >= 11 is 0. The third-order valence-electron chi connectivity index (χ3n) is 3.74. The Kier molecular flexibility index (Phi) is 4.27. The summed E-state index contributed by atoms with van der Waals surface area (Å²) in [6, 6.07) is 14.1. The van der Waals surface area contributed by atoms with Crippen LogP contribution in [0.1, 0.15) is 17.2 Å². The number of morpholine rings is 1. The number of benzene rings is 2. The quantitative estimate of drug-likeness (QED) is 0.936. The topological polar surface area (TPSA) is 21.3 Å². The van der Waals surface area contributed by atoms with Gasteiger partial charge in [-0.25, -0.2) is 8.78 Å². The molecular formula is C17H17F2NO. The summed E-state index contributed by atoms with van der Waals surface area (Å²) in [6.07, 6.45) is 0.269. The summed E-state index contributed by atoms with van der Waals surface area (Å²) in [5, 5.41) is 3.31. The van der Waals surface area contributed by atoms with E-state index in [0.29, 0.717) is 13.2 Å². The average molecular weight is 289 g/mol. The third-order valence-corrected chi connectivity index (χ3v) is 3.74. The Balaban J connectivity index is 1.63. The molecular weight excluding hydrogens is 272 g/mol. The predicted molar refractivity (Wildman–Crippen MR) is 77.0 cm³/mol. The lowest BCUT2D eigenvalue weighted by Gasteiger charge is -2.31. The lowest BCUT2D eigenvalue weighted by molar-refractivity contribution is -0.000794.